The van der Waals surface area contributed by atoms with Crippen LogP contribution in [0.5, 0.6) is 11.5 Å². The number of carbonyl (C=O) groups is 1. The molecule has 0 saturated carbocycles. The minimum Gasteiger partial charge on any atom is -0.486 e. The molecule has 1 fully saturated rings. The predicted octanol–water partition coefficient (Wildman–Crippen LogP) is 4.03. The van der Waals surface area contributed by atoms with E-state index in [-0.39, 0.29) is 28.7 Å². The van der Waals surface area contributed by atoms with Gasteiger partial charge in [-0.05, 0) is 48.6 Å². The van der Waals surface area contributed by atoms with Crippen molar-refractivity contribution in [3.8, 4) is 11.5 Å². The summed E-state index contributed by atoms with van der Waals surface area (Å²) in [6.45, 7) is 5.54. The van der Waals surface area contributed by atoms with Crippen molar-refractivity contribution >= 4 is 27.5 Å². The molecule has 1 N–H and O–H groups in total. The molecule has 2 aliphatic heterocycles. The van der Waals surface area contributed by atoms with Crippen LogP contribution >= 0.6 is 11.6 Å². The zero-order valence-corrected chi connectivity index (χ0v) is 20.4. The molecule has 2 heterocycles. The summed E-state index contributed by atoms with van der Waals surface area (Å²) in [6.07, 6.45) is 0.947. The van der Waals surface area contributed by atoms with Crippen molar-refractivity contribution in [2.75, 3.05) is 26.3 Å². The van der Waals surface area contributed by atoms with E-state index in [0.29, 0.717) is 55.7 Å². The normalized spacial score (nSPS) is 18.2. The number of piperidine rings is 1. The van der Waals surface area contributed by atoms with Gasteiger partial charge in [0, 0.05) is 30.1 Å². The molecule has 1 saturated heterocycles. The number of amides is 1. The van der Waals surface area contributed by atoms with Crippen LogP contribution in [0.15, 0.2) is 47.4 Å². The first kappa shape index (κ1) is 23.9. The first-order chi connectivity index (χ1) is 15.8. The third kappa shape index (κ3) is 5.28. The van der Waals surface area contributed by atoms with E-state index in [1.165, 1.54) is 10.4 Å². The van der Waals surface area contributed by atoms with Crippen molar-refractivity contribution in [3.63, 3.8) is 0 Å². The molecule has 0 unspecified atom stereocenters. The molecule has 2 aromatic rings. The number of hydrogen-bond acceptors (Lipinski definition) is 5. The molecular formula is C24H29ClN2O5S. The molecule has 1 atom stereocenters. The summed E-state index contributed by atoms with van der Waals surface area (Å²) in [7, 11) is -3.67. The lowest BCUT2D eigenvalue weighted by Gasteiger charge is -2.32. The first-order valence-corrected chi connectivity index (χ1v) is 13.0. The second-order valence-electron chi connectivity index (χ2n) is 8.77. The Morgan fingerprint density at radius 2 is 1.67 bits per heavy atom. The molecule has 2 aromatic carbocycles. The van der Waals surface area contributed by atoms with Crippen LogP contribution in [0, 0.1) is 11.8 Å². The van der Waals surface area contributed by atoms with Crippen LogP contribution in [0.25, 0.3) is 0 Å². The van der Waals surface area contributed by atoms with Crippen LogP contribution in [0.1, 0.15) is 38.3 Å². The van der Waals surface area contributed by atoms with Gasteiger partial charge in [0.15, 0.2) is 11.5 Å². The fourth-order valence-corrected chi connectivity index (χ4v) is 5.88. The van der Waals surface area contributed by atoms with Gasteiger partial charge in [-0.15, -0.1) is 0 Å². The van der Waals surface area contributed by atoms with Gasteiger partial charge in [-0.25, -0.2) is 8.42 Å². The summed E-state index contributed by atoms with van der Waals surface area (Å²) in [5, 5.41) is 3.81. The molecule has 1 amide bonds. The fraction of sp³-hybridized carbons (Fsp3) is 0.458. The molecule has 0 radical (unpaired) electrons. The molecule has 33 heavy (non-hydrogen) atoms. The lowest BCUT2D eigenvalue weighted by molar-refractivity contribution is -0.127. The van der Waals surface area contributed by atoms with E-state index in [2.05, 4.69) is 19.2 Å². The zero-order valence-electron chi connectivity index (χ0n) is 18.8. The molecule has 0 spiro atoms. The molecule has 4 rings (SSSR count). The maximum atomic E-state index is 13.1. The van der Waals surface area contributed by atoms with Crippen molar-refractivity contribution in [1.29, 1.82) is 0 Å². The van der Waals surface area contributed by atoms with Crippen LogP contribution < -0.4 is 14.8 Å². The summed E-state index contributed by atoms with van der Waals surface area (Å²) in [4.78, 5) is 13.2. The summed E-state index contributed by atoms with van der Waals surface area (Å²) >= 11 is 6.00. The number of benzene rings is 2. The SMILES string of the molecule is CC(C)[C@@H](NC(=O)C1CCN(S(=O)(=O)c2ccc3c(c2)OCCO3)CC1)c1ccc(Cl)cc1. The predicted molar refractivity (Wildman–Crippen MR) is 126 cm³/mol. The number of rotatable bonds is 6. The number of halogens is 1. The molecule has 0 bridgehead atoms. The quantitative estimate of drug-likeness (QED) is 0.658. The average Bonchev–Trinajstić information content (AvgIpc) is 2.82. The topological polar surface area (TPSA) is 84.9 Å². The van der Waals surface area contributed by atoms with E-state index in [1.807, 2.05) is 24.3 Å². The summed E-state index contributed by atoms with van der Waals surface area (Å²) in [6, 6.07) is 12.0. The van der Waals surface area contributed by atoms with Gasteiger partial charge in [0.25, 0.3) is 0 Å². The number of hydrogen-bond donors (Lipinski definition) is 1. The van der Waals surface area contributed by atoms with Gasteiger partial charge in [0.1, 0.15) is 13.2 Å². The summed E-state index contributed by atoms with van der Waals surface area (Å²) in [5.41, 5.74) is 1.00. The summed E-state index contributed by atoms with van der Waals surface area (Å²) in [5.74, 6) is 0.922. The van der Waals surface area contributed by atoms with Crippen molar-refractivity contribution in [2.45, 2.75) is 37.6 Å². The monoisotopic (exact) mass is 492 g/mol. The fourth-order valence-electron chi connectivity index (χ4n) is 4.27. The zero-order chi connectivity index (χ0) is 23.6. The van der Waals surface area contributed by atoms with Crippen LogP contribution in [0.2, 0.25) is 5.02 Å². The lowest BCUT2D eigenvalue weighted by Crippen LogP contribution is -2.44. The van der Waals surface area contributed by atoms with E-state index >= 15 is 0 Å². The van der Waals surface area contributed by atoms with Gasteiger partial charge in [-0.1, -0.05) is 37.6 Å². The van der Waals surface area contributed by atoms with E-state index < -0.39 is 10.0 Å². The smallest absolute Gasteiger partial charge is 0.243 e. The standard InChI is InChI=1S/C24H29ClN2O5S/c1-16(2)23(17-3-5-19(25)6-4-17)26-24(28)18-9-11-27(12-10-18)33(29,30)20-7-8-21-22(15-20)32-14-13-31-21/h3-8,15-16,18,23H,9-14H2,1-2H3,(H,26,28)/t23-/m1/s1. The number of carbonyl (C=O) groups excluding carboxylic acids is 1. The Balaban J connectivity index is 1.39. The molecule has 0 aromatic heterocycles. The third-order valence-corrected chi connectivity index (χ3v) is 8.32. The number of nitrogens with one attached hydrogen (secondary N) is 1. The van der Waals surface area contributed by atoms with E-state index in [0.717, 1.165) is 5.56 Å². The van der Waals surface area contributed by atoms with Gasteiger partial charge in [0.2, 0.25) is 15.9 Å². The largest absolute Gasteiger partial charge is 0.486 e. The van der Waals surface area contributed by atoms with E-state index in [9.17, 15) is 13.2 Å². The van der Waals surface area contributed by atoms with Crippen molar-refractivity contribution in [3.05, 3.63) is 53.1 Å². The summed E-state index contributed by atoms with van der Waals surface area (Å²) < 4.78 is 38.7. The van der Waals surface area contributed by atoms with Crippen LogP contribution in [0.3, 0.4) is 0 Å². The Kier molecular flexibility index (Phi) is 7.16. The number of sulfonamides is 1. The first-order valence-electron chi connectivity index (χ1n) is 11.2. The highest BCUT2D eigenvalue weighted by Crippen LogP contribution is 2.34. The second kappa shape index (κ2) is 9.91. The minimum absolute atomic E-state index is 0.0416. The number of fused-ring (bicyclic) bond motifs is 1. The lowest BCUT2D eigenvalue weighted by atomic mass is 9.93. The molecule has 0 aliphatic carbocycles. The van der Waals surface area contributed by atoms with Crippen LogP contribution in [-0.2, 0) is 14.8 Å². The Morgan fingerprint density at radius 3 is 2.30 bits per heavy atom. The Bertz CT molecular complexity index is 1100. The number of nitrogens with zero attached hydrogens (tertiary/aromatic N) is 1. The van der Waals surface area contributed by atoms with Gasteiger partial charge < -0.3 is 14.8 Å². The van der Waals surface area contributed by atoms with Crippen LogP contribution in [-0.4, -0.2) is 44.9 Å². The maximum Gasteiger partial charge on any atom is 0.243 e. The molecule has 2 aliphatic rings. The molecule has 9 heteroatoms. The molecular weight excluding hydrogens is 464 g/mol. The van der Waals surface area contributed by atoms with Crippen molar-refractivity contribution in [2.24, 2.45) is 11.8 Å². The van der Waals surface area contributed by atoms with Crippen molar-refractivity contribution < 1.29 is 22.7 Å². The van der Waals surface area contributed by atoms with E-state index in [1.54, 1.807) is 12.1 Å². The molecule has 178 valence electrons. The van der Waals surface area contributed by atoms with Crippen LogP contribution in [0.4, 0.5) is 0 Å². The average molecular weight is 493 g/mol. The highest BCUT2D eigenvalue weighted by Gasteiger charge is 2.34. The van der Waals surface area contributed by atoms with Crippen molar-refractivity contribution in [1.82, 2.24) is 9.62 Å². The van der Waals surface area contributed by atoms with E-state index in [4.69, 9.17) is 21.1 Å². The Morgan fingerprint density at radius 1 is 1.03 bits per heavy atom. The molecule has 7 nitrogen and oxygen atoms in total. The second-order valence-corrected chi connectivity index (χ2v) is 11.1. The third-order valence-electron chi connectivity index (χ3n) is 6.17. The Labute approximate surface area is 200 Å². The highest BCUT2D eigenvalue weighted by atomic mass is 35.5. The maximum absolute atomic E-state index is 13.1. The van der Waals surface area contributed by atoms with Gasteiger partial charge in [-0.2, -0.15) is 4.31 Å². The van der Waals surface area contributed by atoms with Gasteiger partial charge in [0.05, 0.1) is 10.9 Å². The minimum atomic E-state index is -3.67. The van der Waals surface area contributed by atoms with Gasteiger partial charge in [-0.3, -0.25) is 4.79 Å². The highest BCUT2D eigenvalue weighted by molar-refractivity contribution is 7.89. The number of ether oxygens (including phenoxy) is 2. The Hall–Kier alpha value is -2.29. The van der Waals surface area contributed by atoms with Gasteiger partial charge >= 0.3 is 0 Å².